The minimum atomic E-state index is 0.837. The van der Waals surface area contributed by atoms with Crippen LogP contribution in [0.2, 0.25) is 0 Å². The van der Waals surface area contributed by atoms with Gasteiger partial charge in [0, 0.05) is 42.1 Å². The molecule has 2 aromatic heterocycles. The minimum absolute atomic E-state index is 0.837. The molecule has 0 saturated heterocycles. The molecule has 3 aromatic rings. The van der Waals surface area contributed by atoms with Gasteiger partial charge in [-0.25, -0.2) is 0 Å². The third-order valence-corrected chi connectivity index (χ3v) is 3.18. The fourth-order valence-electron chi connectivity index (χ4n) is 2.22. The zero-order chi connectivity index (χ0) is 12.4. The number of aromatic nitrogens is 2. The number of hydrogen-bond acceptors (Lipinski definition) is 2. The van der Waals surface area contributed by atoms with Crippen molar-refractivity contribution >= 4 is 16.6 Å². The molecule has 2 heterocycles. The lowest BCUT2D eigenvalue weighted by molar-refractivity contribution is 0.710. The Kier molecular flexibility index (Phi) is 2.73. The van der Waals surface area contributed by atoms with Gasteiger partial charge in [0.25, 0.3) is 0 Å². The molecule has 1 aromatic carbocycles. The van der Waals surface area contributed by atoms with Crippen LogP contribution in [0.4, 0.5) is 5.69 Å². The van der Waals surface area contributed by atoms with Gasteiger partial charge in [0.15, 0.2) is 0 Å². The van der Waals surface area contributed by atoms with Crippen molar-refractivity contribution in [2.24, 2.45) is 0 Å². The second kappa shape index (κ2) is 4.53. The van der Waals surface area contributed by atoms with Gasteiger partial charge in [0.05, 0.1) is 5.52 Å². The molecule has 0 bridgehead atoms. The number of pyridine rings is 1. The third kappa shape index (κ3) is 1.95. The predicted octanol–water partition coefficient (Wildman–Crippen LogP) is 2.86. The van der Waals surface area contributed by atoms with Gasteiger partial charge < -0.3 is 10.3 Å². The maximum Gasteiger partial charge on any atom is 0.0501 e. The molecule has 18 heavy (non-hydrogen) atoms. The number of aryl methyl sites for hydroxylation is 2. The predicted molar refractivity (Wildman–Crippen MR) is 74.3 cm³/mol. The summed E-state index contributed by atoms with van der Waals surface area (Å²) in [4.78, 5) is 4.34. The molecule has 0 spiro atoms. The van der Waals surface area contributed by atoms with Crippen LogP contribution in [0.1, 0.15) is 5.69 Å². The number of hydrogen-bond donors (Lipinski definition) is 1. The summed E-state index contributed by atoms with van der Waals surface area (Å²) in [6.07, 6.45) is 4.85. The zero-order valence-electron chi connectivity index (χ0n) is 10.1. The van der Waals surface area contributed by atoms with Crippen molar-refractivity contribution < 1.29 is 0 Å². The lowest BCUT2D eigenvalue weighted by atomic mass is 10.2. The van der Waals surface area contributed by atoms with Crippen molar-refractivity contribution in [3.63, 3.8) is 0 Å². The van der Waals surface area contributed by atoms with E-state index in [-0.39, 0.29) is 0 Å². The summed E-state index contributed by atoms with van der Waals surface area (Å²) in [5.74, 6) is 0. The highest BCUT2D eigenvalue weighted by Crippen LogP contribution is 2.22. The largest absolute Gasteiger partial charge is 0.398 e. The Morgan fingerprint density at radius 3 is 2.83 bits per heavy atom. The van der Waals surface area contributed by atoms with Crippen molar-refractivity contribution in [3.05, 3.63) is 60.6 Å². The Balaban J connectivity index is 1.85. The molecule has 0 amide bonds. The number of benzene rings is 1. The van der Waals surface area contributed by atoms with Crippen LogP contribution in [0.25, 0.3) is 10.9 Å². The van der Waals surface area contributed by atoms with Crippen LogP contribution < -0.4 is 5.73 Å². The average Bonchev–Trinajstić information content (AvgIpc) is 2.82. The van der Waals surface area contributed by atoms with E-state index in [1.54, 1.807) is 0 Å². The van der Waals surface area contributed by atoms with Crippen LogP contribution in [-0.4, -0.2) is 9.55 Å². The second-order valence-corrected chi connectivity index (χ2v) is 4.36. The molecule has 0 unspecified atom stereocenters. The van der Waals surface area contributed by atoms with E-state index in [4.69, 9.17) is 5.73 Å². The van der Waals surface area contributed by atoms with E-state index < -0.39 is 0 Å². The Hall–Kier alpha value is -2.29. The SMILES string of the molecule is Nc1cccc2c1ccn2CCc1ccccn1. The van der Waals surface area contributed by atoms with Gasteiger partial charge in [0.1, 0.15) is 0 Å². The molecule has 0 aliphatic heterocycles. The highest BCUT2D eigenvalue weighted by Gasteiger charge is 2.03. The first-order chi connectivity index (χ1) is 8.84. The van der Waals surface area contributed by atoms with E-state index in [2.05, 4.69) is 33.9 Å². The molecule has 0 saturated carbocycles. The molecule has 3 nitrogen and oxygen atoms in total. The number of nitrogens with zero attached hydrogens (tertiary/aromatic N) is 2. The quantitative estimate of drug-likeness (QED) is 0.712. The number of fused-ring (bicyclic) bond motifs is 1. The van der Waals surface area contributed by atoms with Gasteiger partial charge in [-0.1, -0.05) is 12.1 Å². The number of rotatable bonds is 3. The van der Waals surface area contributed by atoms with Crippen molar-refractivity contribution in [1.29, 1.82) is 0 Å². The van der Waals surface area contributed by atoms with Crippen LogP contribution in [0.3, 0.4) is 0 Å². The van der Waals surface area contributed by atoms with E-state index >= 15 is 0 Å². The molecule has 0 aliphatic rings. The van der Waals surface area contributed by atoms with Crippen LogP contribution in [0.15, 0.2) is 54.9 Å². The van der Waals surface area contributed by atoms with Gasteiger partial charge in [0.2, 0.25) is 0 Å². The maximum atomic E-state index is 5.95. The van der Waals surface area contributed by atoms with Crippen LogP contribution in [-0.2, 0) is 13.0 Å². The van der Waals surface area contributed by atoms with Crippen molar-refractivity contribution in [2.45, 2.75) is 13.0 Å². The first-order valence-corrected chi connectivity index (χ1v) is 6.08. The fraction of sp³-hybridized carbons (Fsp3) is 0.133. The Labute approximate surface area is 106 Å². The van der Waals surface area contributed by atoms with Crippen molar-refractivity contribution in [3.8, 4) is 0 Å². The second-order valence-electron chi connectivity index (χ2n) is 4.36. The Bertz CT molecular complexity index is 656. The molecular weight excluding hydrogens is 222 g/mol. The van der Waals surface area contributed by atoms with Gasteiger partial charge in [-0.05, 0) is 30.3 Å². The van der Waals surface area contributed by atoms with E-state index in [0.29, 0.717) is 0 Å². The average molecular weight is 237 g/mol. The zero-order valence-corrected chi connectivity index (χ0v) is 10.1. The number of anilines is 1. The summed E-state index contributed by atoms with van der Waals surface area (Å²) >= 11 is 0. The summed E-state index contributed by atoms with van der Waals surface area (Å²) in [7, 11) is 0. The summed E-state index contributed by atoms with van der Waals surface area (Å²) < 4.78 is 2.22. The highest BCUT2D eigenvalue weighted by molar-refractivity contribution is 5.91. The van der Waals surface area contributed by atoms with Gasteiger partial charge >= 0.3 is 0 Å². The van der Waals surface area contributed by atoms with Gasteiger partial charge in [-0.2, -0.15) is 0 Å². The summed E-state index contributed by atoms with van der Waals surface area (Å²) in [6, 6.07) is 14.1. The third-order valence-electron chi connectivity index (χ3n) is 3.18. The standard InChI is InChI=1S/C15H15N3/c16-14-5-3-6-15-13(14)8-11-18(15)10-7-12-4-1-2-9-17-12/h1-6,8-9,11H,7,10,16H2. The lowest BCUT2D eigenvalue weighted by Crippen LogP contribution is -2.01. The number of nitrogens with two attached hydrogens (primary N) is 1. The first kappa shape index (κ1) is 10.8. The topological polar surface area (TPSA) is 43.8 Å². The maximum absolute atomic E-state index is 5.95. The lowest BCUT2D eigenvalue weighted by Gasteiger charge is -2.05. The smallest absolute Gasteiger partial charge is 0.0501 e. The summed E-state index contributed by atoms with van der Waals surface area (Å²) in [5.41, 5.74) is 9.09. The van der Waals surface area contributed by atoms with Gasteiger partial charge in [-0.15, -0.1) is 0 Å². The molecule has 3 heteroatoms. The van der Waals surface area contributed by atoms with Crippen molar-refractivity contribution in [2.75, 3.05) is 5.73 Å². The van der Waals surface area contributed by atoms with Crippen LogP contribution >= 0.6 is 0 Å². The summed E-state index contributed by atoms with van der Waals surface area (Å²) in [5, 5.41) is 1.12. The normalized spacial score (nSPS) is 10.9. The molecule has 0 radical (unpaired) electrons. The van der Waals surface area contributed by atoms with E-state index in [1.165, 1.54) is 5.52 Å². The monoisotopic (exact) mass is 237 g/mol. The molecule has 0 fully saturated rings. The molecule has 2 N–H and O–H groups in total. The molecule has 3 rings (SSSR count). The fourth-order valence-corrected chi connectivity index (χ4v) is 2.22. The van der Waals surface area contributed by atoms with Gasteiger partial charge in [-0.3, -0.25) is 4.98 Å². The van der Waals surface area contributed by atoms with E-state index in [1.807, 2.05) is 30.5 Å². The first-order valence-electron chi connectivity index (χ1n) is 6.08. The van der Waals surface area contributed by atoms with Crippen LogP contribution in [0.5, 0.6) is 0 Å². The molecular formula is C15H15N3. The summed E-state index contributed by atoms with van der Waals surface area (Å²) in [6.45, 7) is 0.921. The minimum Gasteiger partial charge on any atom is -0.398 e. The highest BCUT2D eigenvalue weighted by atomic mass is 15.0. The number of nitrogen functional groups attached to an aromatic ring is 1. The molecule has 90 valence electrons. The van der Waals surface area contributed by atoms with E-state index in [9.17, 15) is 0 Å². The Morgan fingerprint density at radius 2 is 2.00 bits per heavy atom. The molecule has 0 aliphatic carbocycles. The van der Waals surface area contributed by atoms with Crippen LogP contribution in [0, 0.1) is 0 Å². The van der Waals surface area contributed by atoms with Crippen molar-refractivity contribution in [1.82, 2.24) is 9.55 Å². The molecule has 0 atom stereocenters. The Morgan fingerprint density at radius 1 is 1.06 bits per heavy atom. The van der Waals surface area contributed by atoms with E-state index in [0.717, 1.165) is 29.7 Å².